The molecule has 3 amide bonds. The monoisotopic (exact) mass is 508 g/mol. The number of alkyl halides is 3. The van der Waals surface area contributed by atoms with Gasteiger partial charge in [-0.1, -0.05) is 32.9 Å². The highest BCUT2D eigenvalue weighted by Gasteiger charge is 2.36. The average molecular weight is 509 g/mol. The van der Waals surface area contributed by atoms with Crippen LogP contribution in [-0.2, 0) is 6.18 Å². The number of halogens is 3. The van der Waals surface area contributed by atoms with Crippen molar-refractivity contribution in [3.8, 4) is 0 Å². The molecular weight excluding hydrogens is 477 g/mol. The third kappa shape index (κ3) is 7.06. The maximum absolute atomic E-state index is 13.3. The van der Waals surface area contributed by atoms with E-state index in [1.165, 1.54) is 23.1 Å². The van der Waals surface area contributed by atoms with Gasteiger partial charge >= 0.3 is 12.2 Å². The van der Waals surface area contributed by atoms with E-state index < -0.39 is 29.8 Å². The predicted octanol–water partition coefficient (Wildman–Crippen LogP) is 3.38. The molecular formula is C24H31F3N6O3. The van der Waals surface area contributed by atoms with Crippen molar-refractivity contribution >= 4 is 23.6 Å². The highest BCUT2D eigenvalue weighted by Crippen LogP contribution is 2.32. The van der Waals surface area contributed by atoms with Gasteiger partial charge in [-0.05, 0) is 36.1 Å². The molecule has 2 heterocycles. The fraction of sp³-hybridized carbons (Fsp3) is 0.500. The molecule has 196 valence electrons. The number of nitrogens with one attached hydrogen (secondary N) is 2. The summed E-state index contributed by atoms with van der Waals surface area (Å²) in [6.45, 7) is 7.26. The minimum absolute atomic E-state index is 0.232. The predicted molar refractivity (Wildman–Crippen MR) is 129 cm³/mol. The Morgan fingerprint density at radius 2 is 1.69 bits per heavy atom. The Balaban J connectivity index is 1.50. The normalized spacial score (nSPS) is 15.4. The third-order valence-corrected chi connectivity index (χ3v) is 5.95. The number of benzene rings is 1. The van der Waals surface area contributed by atoms with E-state index in [-0.39, 0.29) is 29.9 Å². The van der Waals surface area contributed by atoms with Crippen molar-refractivity contribution < 1.29 is 27.9 Å². The average Bonchev–Trinajstić information content (AvgIpc) is 2.83. The summed E-state index contributed by atoms with van der Waals surface area (Å²) in [5.74, 6) is 0.108. The lowest BCUT2D eigenvalue weighted by Crippen LogP contribution is -2.49. The molecule has 1 aliphatic heterocycles. The number of carbonyl (C=O) groups is 2. The summed E-state index contributed by atoms with van der Waals surface area (Å²) >= 11 is 0. The SMILES string of the molecule is CC(C)(C)C(O)CCNC(=O)Nc1ccc(N2CCN(C(=O)c3ccccc3C(F)(F)F)CC2)nn1. The summed E-state index contributed by atoms with van der Waals surface area (Å²) in [4.78, 5) is 28.0. The summed E-state index contributed by atoms with van der Waals surface area (Å²) in [6.07, 6.45) is -4.74. The third-order valence-electron chi connectivity index (χ3n) is 5.95. The Morgan fingerprint density at radius 3 is 2.28 bits per heavy atom. The topological polar surface area (TPSA) is 111 Å². The molecule has 1 unspecified atom stereocenters. The summed E-state index contributed by atoms with van der Waals surface area (Å²) in [5.41, 5.74) is -1.58. The van der Waals surface area contributed by atoms with Crippen LogP contribution in [0.4, 0.5) is 29.6 Å². The zero-order valence-electron chi connectivity index (χ0n) is 20.5. The van der Waals surface area contributed by atoms with Crippen LogP contribution in [0, 0.1) is 5.41 Å². The Kier molecular flexibility index (Phi) is 8.39. The van der Waals surface area contributed by atoms with E-state index in [0.717, 1.165) is 6.07 Å². The number of hydrogen-bond acceptors (Lipinski definition) is 6. The molecule has 12 heteroatoms. The fourth-order valence-corrected chi connectivity index (χ4v) is 3.70. The molecule has 1 aliphatic rings. The van der Waals surface area contributed by atoms with Gasteiger partial charge in [0, 0.05) is 32.7 Å². The number of aromatic nitrogens is 2. The van der Waals surface area contributed by atoms with Crippen LogP contribution in [-0.4, -0.2) is 71.0 Å². The number of amides is 3. The first-order valence-electron chi connectivity index (χ1n) is 11.6. The first kappa shape index (κ1) is 27.2. The lowest BCUT2D eigenvalue weighted by atomic mass is 9.87. The van der Waals surface area contributed by atoms with E-state index in [2.05, 4.69) is 20.8 Å². The summed E-state index contributed by atoms with van der Waals surface area (Å²) < 4.78 is 39.8. The summed E-state index contributed by atoms with van der Waals surface area (Å²) in [6, 6.07) is 7.56. The van der Waals surface area contributed by atoms with Crippen LogP contribution < -0.4 is 15.5 Å². The van der Waals surface area contributed by atoms with Crippen molar-refractivity contribution in [3.05, 3.63) is 47.5 Å². The first-order chi connectivity index (χ1) is 16.9. The fourth-order valence-electron chi connectivity index (χ4n) is 3.70. The van der Waals surface area contributed by atoms with Gasteiger partial charge in [0.2, 0.25) is 0 Å². The summed E-state index contributed by atoms with van der Waals surface area (Å²) in [7, 11) is 0. The number of anilines is 2. The van der Waals surface area contributed by atoms with E-state index in [1.54, 1.807) is 12.1 Å². The zero-order valence-corrected chi connectivity index (χ0v) is 20.5. The van der Waals surface area contributed by atoms with Crippen molar-refractivity contribution in [2.75, 3.05) is 42.9 Å². The van der Waals surface area contributed by atoms with Crippen LogP contribution in [0.5, 0.6) is 0 Å². The molecule has 1 saturated heterocycles. The van der Waals surface area contributed by atoms with E-state index in [4.69, 9.17) is 0 Å². The Morgan fingerprint density at radius 1 is 1.03 bits per heavy atom. The Labute approximate surface area is 207 Å². The highest BCUT2D eigenvalue weighted by molar-refractivity contribution is 5.96. The second-order valence-corrected chi connectivity index (χ2v) is 9.65. The van der Waals surface area contributed by atoms with Crippen molar-refractivity contribution in [2.45, 2.75) is 39.5 Å². The van der Waals surface area contributed by atoms with Gasteiger partial charge in [0.15, 0.2) is 11.6 Å². The number of nitrogens with zero attached hydrogens (tertiary/aromatic N) is 4. The highest BCUT2D eigenvalue weighted by atomic mass is 19.4. The number of piperazine rings is 1. The van der Waals surface area contributed by atoms with Gasteiger partial charge in [-0.2, -0.15) is 13.2 Å². The van der Waals surface area contributed by atoms with E-state index in [0.29, 0.717) is 31.9 Å². The number of carbonyl (C=O) groups excluding carboxylic acids is 2. The Hall–Kier alpha value is -3.41. The molecule has 9 nitrogen and oxygen atoms in total. The molecule has 3 rings (SSSR count). The number of hydrogen-bond donors (Lipinski definition) is 3. The van der Waals surface area contributed by atoms with E-state index in [1.807, 2.05) is 25.7 Å². The van der Waals surface area contributed by atoms with Crippen LogP contribution in [0.2, 0.25) is 0 Å². The molecule has 1 fully saturated rings. The van der Waals surface area contributed by atoms with Crippen molar-refractivity contribution in [1.82, 2.24) is 20.4 Å². The standard InChI is InChI=1S/C24H31F3N6O3/c1-23(2,3)18(34)10-11-28-22(36)29-19-8-9-20(31-30-19)32-12-14-33(15-13-32)21(35)16-6-4-5-7-17(16)24(25,26)27/h4-9,18,34H,10-15H2,1-3H3,(H2,28,29,30,36). The van der Waals surface area contributed by atoms with Crippen LogP contribution >= 0.6 is 0 Å². The van der Waals surface area contributed by atoms with Crippen LogP contribution in [0.1, 0.15) is 43.1 Å². The molecule has 1 aromatic heterocycles. The van der Waals surface area contributed by atoms with Crippen LogP contribution in [0.25, 0.3) is 0 Å². The molecule has 0 saturated carbocycles. The largest absolute Gasteiger partial charge is 0.417 e. The van der Waals surface area contributed by atoms with E-state index in [9.17, 15) is 27.9 Å². The van der Waals surface area contributed by atoms with Gasteiger partial charge in [0.25, 0.3) is 5.91 Å². The molecule has 36 heavy (non-hydrogen) atoms. The number of aliphatic hydroxyl groups excluding tert-OH is 1. The number of aliphatic hydroxyl groups is 1. The van der Waals surface area contributed by atoms with Gasteiger partial charge in [-0.25, -0.2) is 4.79 Å². The molecule has 0 spiro atoms. The van der Waals surface area contributed by atoms with Gasteiger partial charge in [-0.3, -0.25) is 10.1 Å². The molecule has 1 aromatic carbocycles. The van der Waals surface area contributed by atoms with Crippen molar-refractivity contribution in [2.24, 2.45) is 5.41 Å². The lowest BCUT2D eigenvalue weighted by Gasteiger charge is -2.35. The second kappa shape index (κ2) is 11.1. The lowest BCUT2D eigenvalue weighted by molar-refractivity contribution is -0.138. The molecule has 0 radical (unpaired) electrons. The maximum Gasteiger partial charge on any atom is 0.417 e. The molecule has 3 N–H and O–H groups in total. The number of urea groups is 1. The molecule has 2 aromatic rings. The van der Waals surface area contributed by atoms with Gasteiger partial charge < -0.3 is 20.2 Å². The Bertz CT molecular complexity index is 1050. The summed E-state index contributed by atoms with van der Waals surface area (Å²) in [5, 5.41) is 23.4. The second-order valence-electron chi connectivity index (χ2n) is 9.65. The smallest absolute Gasteiger partial charge is 0.393 e. The minimum atomic E-state index is -4.61. The molecule has 1 atom stereocenters. The quantitative estimate of drug-likeness (QED) is 0.552. The van der Waals surface area contributed by atoms with E-state index >= 15 is 0 Å². The van der Waals surface area contributed by atoms with Gasteiger partial charge in [-0.15, -0.1) is 10.2 Å². The van der Waals surface area contributed by atoms with Crippen molar-refractivity contribution in [1.29, 1.82) is 0 Å². The molecule has 0 aliphatic carbocycles. The first-order valence-corrected chi connectivity index (χ1v) is 11.6. The zero-order chi connectivity index (χ0) is 26.5. The van der Waals surface area contributed by atoms with Gasteiger partial charge in [0.05, 0.1) is 17.2 Å². The van der Waals surface area contributed by atoms with Gasteiger partial charge in [0.1, 0.15) is 0 Å². The van der Waals surface area contributed by atoms with Crippen LogP contribution in [0.3, 0.4) is 0 Å². The van der Waals surface area contributed by atoms with Crippen molar-refractivity contribution in [3.63, 3.8) is 0 Å². The minimum Gasteiger partial charge on any atom is -0.393 e. The molecule has 0 bridgehead atoms. The number of rotatable bonds is 6. The maximum atomic E-state index is 13.3. The van der Waals surface area contributed by atoms with Crippen LogP contribution in [0.15, 0.2) is 36.4 Å².